The van der Waals surface area contributed by atoms with Crippen molar-refractivity contribution in [2.45, 2.75) is 18.9 Å². The SMILES string of the molecule is COC(=O)C(CCC(=O)OCC#CCN1CCN(CC(=O)[O-])CCN(CC(=O)[O-])CCN(CC(=O)[O-])CC1)NC(=O)c1ccccc1.O.[Gd+3]. The summed E-state index contributed by atoms with van der Waals surface area (Å²) in [6, 6.07) is 7.19. The second-order valence-electron chi connectivity index (χ2n) is 10.7. The Labute approximate surface area is 316 Å². The van der Waals surface area contributed by atoms with Crippen LogP contribution in [0.15, 0.2) is 30.3 Å². The third-order valence-corrected chi connectivity index (χ3v) is 7.19. The van der Waals surface area contributed by atoms with E-state index in [4.69, 9.17) is 9.47 Å². The Hall–Kier alpha value is -3.28. The van der Waals surface area contributed by atoms with E-state index in [-0.39, 0.29) is 130 Å². The summed E-state index contributed by atoms with van der Waals surface area (Å²) >= 11 is 0. The average Bonchev–Trinajstić information content (AvgIpc) is 3.02. The number of carboxylic acids is 3. The van der Waals surface area contributed by atoms with E-state index in [9.17, 15) is 44.1 Å². The molecule has 0 aromatic heterocycles. The predicted molar refractivity (Wildman–Crippen MR) is 162 cm³/mol. The van der Waals surface area contributed by atoms with Crippen molar-refractivity contribution in [1.82, 2.24) is 24.9 Å². The van der Waals surface area contributed by atoms with Gasteiger partial charge < -0.3 is 50.0 Å². The van der Waals surface area contributed by atoms with Gasteiger partial charge in [0.05, 0.1) is 31.6 Å². The number of hydrogen-bond acceptors (Lipinski definition) is 15. The molecular formula is C31H42GdN5O12. The summed E-state index contributed by atoms with van der Waals surface area (Å²) in [6.07, 6.45) is -0.243. The maximum absolute atomic E-state index is 12.4. The van der Waals surface area contributed by atoms with Crippen LogP contribution in [0.1, 0.15) is 23.2 Å². The number of carbonyl (C=O) groups excluding carboxylic acids is 6. The van der Waals surface area contributed by atoms with E-state index < -0.39 is 41.8 Å². The number of methoxy groups -OCH3 is 1. The third-order valence-electron chi connectivity index (χ3n) is 7.19. The first-order valence-corrected chi connectivity index (χ1v) is 15.0. The number of nitrogens with one attached hydrogen (secondary N) is 1. The van der Waals surface area contributed by atoms with E-state index in [1.165, 1.54) is 7.11 Å². The molecule has 1 saturated heterocycles. The number of benzene rings is 1. The van der Waals surface area contributed by atoms with Gasteiger partial charge in [0, 0.05) is 84.0 Å². The Balaban J connectivity index is 0.0000115. The van der Waals surface area contributed by atoms with E-state index in [0.717, 1.165) is 0 Å². The molecule has 1 aromatic carbocycles. The molecule has 18 heteroatoms. The van der Waals surface area contributed by atoms with Crippen molar-refractivity contribution in [2.24, 2.45) is 0 Å². The van der Waals surface area contributed by atoms with Crippen LogP contribution in [0.3, 0.4) is 0 Å². The minimum atomic E-state index is -1.30. The molecule has 1 atom stereocenters. The van der Waals surface area contributed by atoms with Crippen molar-refractivity contribution in [1.29, 1.82) is 0 Å². The van der Waals surface area contributed by atoms with Crippen LogP contribution in [-0.4, -0.2) is 159 Å². The van der Waals surface area contributed by atoms with Crippen LogP contribution in [-0.2, 0) is 33.4 Å². The van der Waals surface area contributed by atoms with Crippen molar-refractivity contribution in [2.75, 3.05) is 92.3 Å². The molecule has 0 aliphatic carbocycles. The summed E-state index contributed by atoms with van der Waals surface area (Å²) in [6.45, 7) is 0.994. The smallest absolute Gasteiger partial charge is 0.549 e. The minimum Gasteiger partial charge on any atom is -0.549 e. The van der Waals surface area contributed by atoms with Gasteiger partial charge >= 0.3 is 51.9 Å². The number of carboxylic acid groups (broad SMARTS) is 3. The largest absolute Gasteiger partial charge is 3.00 e. The van der Waals surface area contributed by atoms with E-state index in [1.807, 2.05) is 4.90 Å². The summed E-state index contributed by atoms with van der Waals surface area (Å²) in [5, 5.41) is 36.4. The molecule has 271 valence electrons. The van der Waals surface area contributed by atoms with Crippen molar-refractivity contribution >= 4 is 35.8 Å². The zero-order valence-electron chi connectivity index (χ0n) is 27.2. The summed E-state index contributed by atoms with van der Waals surface area (Å²) < 4.78 is 9.89. The average molecular weight is 834 g/mol. The molecule has 49 heavy (non-hydrogen) atoms. The van der Waals surface area contributed by atoms with Gasteiger partial charge in [-0.3, -0.25) is 29.2 Å². The molecule has 1 amide bonds. The first-order valence-electron chi connectivity index (χ1n) is 15.0. The van der Waals surface area contributed by atoms with E-state index in [2.05, 4.69) is 17.2 Å². The van der Waals surface area contributed by atoms with E-state index in [1.54, 1.807) is 45.0 Å². The first kappa shape index (κ1) is 45.7. The Morgan fingerprint density at radius 3 is 1.63 bits per heavy atom. The van der Waals surface area contributed by atoms with Crippen LogP contribution in [0.5, 0.6) is 0 Å². The number of rotatable bonds is 14. The zero-order valence-corrected chi connectivity index (χ0v) is 29.5. The molecule has 0 spiro atoms. The second-order valence-corrected chi connectivity index (χ2v) is 10.7. The molecule has 2 rings (SSSR count). The number of ether oxygens (including phenoxy) is 2. The fraction of sp³-hybridized carbons (Fsp3) is 0.548. The molecule has 1 heterocycles. The molecule has 0 bridgehead atoms. The Kier molecular flexibility index (Phi) is 23.9. The van der Waals surface area contributed by atoms with E-state index in [0.29, 0.717) is 18.7 Å². The van der Waals surface area contributed by atoms with Crippen LogP contribution in [0.4, 0.5) is 0 Å². The van der Waals surface area contributed by atoms with Gasteiger partial charge in [-0.2, -0.15) is 0 Å². The Bertz CT molecular complexity index is 1240. The van der Waals surface area contributed by atoms with Crippen molar-refractivity contribution in [3.63, 3.8) is 0 Å². The van der Waals surface area contributed by atoms with Crippen LogP contribution >= 0.6 is 0 Å². The van der Waals surface area contributed by atoms with Crippen molar-refractivity contribution < 1.29 is 99.0 Å². The fourth-order valence-corrected chi connectivity index (χ4v) is 4.65. The summed E-state index contributed by atoms with van der Waals surface area (Å²) in [5.74, 6) is -0.0883. The van der Waals surface area contributed by atoms with Gasteiger partial charge in [0.15, 0.2) is 6.61 Å². The van der Waals surface area contributed by atoms with Crippen LogP contribution < -0.4 is 20.6 Å². The van der Waals surface area contributed by atoms with Gasteiger partial charge in [0.1, 0.15) is 6.04 Å². The molecule has 1 fully saturated rings. The number of carbonyl (C=O) groups is 6. The quantitative estimate of drug-likeness (QED) is 0.135. The van der Waals surface area contributed by atoms with Crippen LogP contribution in [0.25, 0.3) is 0 Å². The topological polar surface area (TPSA) is 247 Å². The molecule has 3 N–H and O–H groups in total. The third kappa shape index (κ3) is 20.1. The molecule has 1 aliphatic heterocycles. The molecule has 1 radical (unpaired) electrons. The normalized spacial score (nSPS) is 15.6. The molecule has 17 nitrogen and oxygen atoms in total. The van der Waals surface area contributed by atoms with Gasteiger partial charge in [-0.15, -0.1) is 0 Å². The molecule has 1 aliphatic rings. The number of amides is 1. The Morgan fingerprint density at radius 2 is 1.20 bits per heavy atom. The number of aliphatic carboxylic acids is 3. The summed E-state index contributed by atoms with van der Waals surface area (Å²) in [7, 11) is 1.17. The number of nitrogens with zero attached hydrogens (tertiary/aromatic N) is 4. The summed E-state index contributed by atoms with van der Waals surface area (Å²) in [5.41, 5.74) is 0.342. The Morgan fingerprint density at radius 1 is 0.755 bits per heavy atom. The second kappa shape index (κ2) is 25.7. The standard InChI is InChI=1S/C31H43N5O11.Gd.H2O/c1-46-31(45)25(32-30(44)24-7-3-2-4-8-24)9-10-29(43)47-20-6-5-11-33-12-14-34(21-26(37)38)16-18-36(23-28(41)42)19-17-35(15-13-33)22-27(39)40;;/h2-4,7-8,25H,9-23H2,1H3,(H,32,44)(H,37,38)(H,39,40)(H,41,42);;1H2/q;+3;/p-3. The number of esters is 2. The van der Waals surface area contributed by atoms with Gasteiger partial charge in [0.2, 0.25) is 0 Å². The van der Waals surface area contributed by atoms with Gasteiger partial charge in [-0.25, -0.2) is 4.79 Å². The molecule has 1 unspecified atom stereocenters. The molecule has 1 aromatic rings. The maximum Gasteiger partial charge on any atom is 3.00 e. The molecular weight excluding hydrogens is 792 g/mol. The van der Waals surface area contributed by atoms with Gasteiger partial charge in [-0.05, 0) is 18.6 Å². The van der Waals surface area contributed by atoms with Crippen molar-refractivity contribution in [3.05, 3.63) is 35.9 Å². The predicted octanol–water partition coefficient (Wildman–Crippen LogP) is -6.07. The van der Waals surface area contributed by atoms with Gasteiger partial charge in [0.25, 0.3) is 5.91 Å². The van der Waals surface area contributed by atoms with Crippen LogP contribution in [0, 0.1) is 51.8 Å². The minimum absolute atomic E-state index is 0. The first-order chi connectivity index (χ1) is 22.5. The number of hydrogen-bond donors (Lipinski definition) is 1. The van der Waals surface area contributed by atoms with Gasteiger partial charge in [-0.1, -0.05) is 30.0 Å². The monoisotopic (exact) mass is 834 g/mol. The molecule has 0 saturated carbocycles. The van der Waals surface area contributed by atoms with Crippen molar-refractivity contribution in [3.8, 4) is 11.8 Å². The van der Waals surface area contributed by atoms with E-state index >= 15 is 0 Å². The fourth-order valence-electron chi connectivity index (χ4n) is 4.65. The zero-order chi connectivity index (χ0) is 34.6. The van der Waals surface area contributed by atoms with Crippen LogP contribution in [0.2, 0.25) is 0 Å². The maximum atomic E-state index is 12.4. The summed E-state index contributed by atoms with van der Waals surface area (Å²) in [4.78, 5) is 77.4.